The quantitative estimate of drug-likeness (QED) is 0.0195. The zero-order chi connectivity index (χ0) is 62.4. The minimum atomic E-state index is -1.61. The standard InChI is InChI=1S/C75H141NO10/c1-4-7-10-13-16-19-22-25-27-29-31-33-34-35-36-37-39-41-43-45-48-51-54-57-60-63-70(80)86-73-72(82)71(81)69(64-77)85-75(73)84-65-66(67(78)61-58-55-52-49-46-24-21-18-15-12-9-6-3)76-74(83)68(79)62-59-56-53-50-47-44-42-40-38-32-30-28-26-23-20-17-14-11-8-5-2/h17,20,26,28,58,61,66-69,71-73,75,77-79,81-82H,4-16,18-19,21-25,27,29-57,59-60,62-65H2,1-3H3,(H,76,83)/b20-17-,28-26-,61-58+. The number of allylic oxidation sites excluding steroid dienone is 5. The minimum absolute atomic E-state index is 0.129. The Balaban J connectivity index is 2.53. The van der Waals surface area contributed by atoms with Gasteiger partial charge in [0.25, 0.3) is 0 Å². The van der Waals surface area contributed by atoms with Gasteiger partial charge in [-0.15, -0.1) is 0 Å². The first-order chi connectivity index (χ1) is 42.2. The summed E-state index contributed by atoms with van der Waals surface area (Å²) in [5.41, 5.74) is 0. The number of esters is 1. The third-order valence-corrected chi connectivity index (χ3v) is 17.8. The molecule has 0 radical (unpaired) electrons. The molecule has 6 N–H and O–H groups in total. The lowest BCUT2D eigenvalue weighted by atomic mass is 9.99. The third kappa shape index (κ3) is 49.6. The molecule has 0 aromatic carbocycles. The van der Waals surface area contributed by atoms with Gasteiger partial charge in [0.15, 0.2) is 12.4 Å². The Morgan fingerprint density at radius 2 is 0.802 bits per heavy atom. The monoisotopic (exact) mass is 1220 g/mol. The summed E-state index contributed by atoms with van der Waals surface area (Å²) in [6.45, 7) is 5.83. The van der Waals surface area contributed by atoms with E-state index in [2.05, 4.69) is 50.4 Å². The molecule has 1 fully saturated rings. The molecule has 0 aliphatic carbocycles. The molecule has 0 spiro atoms. The van der Waals surface area contributed by atoms with Crippen molar-refractivity contribution in [2.45, 2.75) is 416 Å². The lowest BCUT2D eigenvalue weighted by Crippen LogP contribution is -2.61. The zero-order valence-electron chi connectivity index (χ0n) is 56.5. The van der Waals surface area contributed by atoms with Gasteiger partial charge in [-0.2, -0.15) is 0 Å². The molecule has 1 aliphatic heterocycles. The van der Waals surface area contributed by atoms with Gasteiger partial charge in [-0.25, -0.2) is 0 Å². The number of nitrogens with one attached hydrogen (secondary N) is 1. The van der Waals surface area contributed by atoms with E-state index in [1.54, 1.807) is 6.08 Å². The number of aliphatic hydroxyl groups is 5. The smallest absolute Gasteiger partial charge is 0.306 e. The van der Waals surface area contributed by atoms with Gasteiger partial charge < -0.3 is 45.1 Å². The first-order valence-electron chi connectivity index (χ1n) is 37.3. The summed E-state index contributed by atoms with van der Waals surface area (Å²) in [5, 5.41) is 57.3. The van der Waals surface area contributed by atoms with Crippen molar-refractivity contribution in [1.82, 2.24) is 5.32 Å². The van der Waals surface area contributed by atoms with Crippen LogP contribution in [0.15, 0.2) is 36.5 Å². The predicted molar refractivity (Wildman–Crippen MR) is 361 cm³/mol. The van der Waals surface area contributed by atoms with Crippen LogP contribution in [0.3, 0.4) is 0 Å². The Hall–Kier alpha value is -2.12. The van der Waals surface area contributed by atoms with E-state index in [0.29, 0.717) is 19.3 Å². The SMILES string of the molecule is CCCCC/C=C\C/C=C\CCCCCCCCCCCCC(O)C(=O)NC(COC1OC(CO)C(O)C(O)C1OC(=O)CCCCCCCCCCCCCCCCCCCCCCCCCCC)C(O)/C=C/CCCCCCCCCCCC. The highest BCUT2D eigenvalue weighted by Gasteiger charge is 2.47. The molecular formula is C75H141NO10. The number of rotatable bonds is 65. The molecule has 11 heteroatoms. The molecule has 1 heterocycles. The Morgan fingerprint density at radius 3 is 1.21 bits per heavy atom. The maximum Gasteiger partial charge on any atom is 0.306 e. The number of hydrogen-bond acceptors (Lipinski definition) is 10. The maximum absolute atomic E-state index is 13.5. The summed E-state index contributed by atoms with van der Waals surface area (Å²) in [4.78, 5) is 26.7. The molecule has 8 atom stereocenters. The van der Waals surface area contributed by atoms with Crippen LogP contribution >= 0.6 is 0 Å². The topological polar surface area (TPSA) is 175 Å². The largest absolute Gasteiger partial charge is 0.454 e. The molecule has 0 aromatic heterocycles. The van der Waals surface area contributed by atoms with Crippen LogP contribution in [0, 0.1) is 0 Å². The molecule has 1 rings (SSSR count). The van der Waals surface area contributed by atoms with Crippen LogP contribution < -0.4 is 5.32 Å². The van der Waals surface area contributed by atoms with Crippen LogP contribution in [0.4, 0.5) is 0 Å². The summed E-state index contributed by atoms with van der Waals surface area (Å²) >= 11 is 0. The van der Waals surface area contributed by atoms with E-state index in [1.807, 2.05) is 6.08 Å². The molecule has 0 bridgehead atoms. The zero-order valence-corrected chi connectivity index (χ0v) is 56.5. The molecule has 86 heavy (non-hydrogen) atoms. The molecular weight excluding hydrogens is 1070 g/mol. The Morgan fingerprint density at radius 1 is 0.453 bits per heavy atom. The summed E-state index contributed by atoms with van der Waals surface area (Å²) in [7, 11) is 0. The highest BCUT2D eigenvalue weighted by molar-refractivity contribution is 5.80. The fourth-order valence-electron chi connectivity index (χ4n) is 11.9. The highest BCUT2D eigenvalue weighted by atomic mass is 16.7. The predicted octanol–water partition coefficient (Wildman–Crippen LogP) is 19.4. The Bertz CT molecular complexity index is 1540. The van der Waals surface area contributed by atoms with Crippen LogP contribution in [0.5, 0.6) is 0 Å². The second-order valence-electron chi connectivity index (χ2n) is 26.0. The van der Waals surface area contributed by atoms with Crippen molar-refractivity contribution in [1.29, 1.82) is 0 Å². The van der Waals surface area contributed by atoms with Crippen molar-refractivity contribution in [2.75, 3.05) is 13.2 Å². The summed E-state index contributed by atoms with van der Waals surface area (Å²) in [6.07, 6.45) is 67.6. The molecule has 11 nitrogen and oxygen atoms in total. The number of hydrogen-bond donors (Lipinski definition) is 6. The summed E-state index contributed by atoms with van der Waals surface area (Å²) in [6, 6.07) is -1.02. The van der Waals surface area contributed by atoms with E-state index in [9.17, 15) is 35.1 Å². The third-order valence-electron chi connectivity index (χ3n) is 17.8. The summed E-state index contributed by atoms with van der Waals surface area (Å²) in [5.74, 6) is -1.18. The lowest BCUT2D eigenvalue weighted by Gasteiger charge is -2.41. The lowest BCUT2D eigenvalue weighted by molar-refractivity contribution is -0.305. The average molecular weight is 1220 g/mol. The van der Waals surface area contributed by atoms with Crippen LogP contribution in [0.2, 0.25) is 0 Å². The van der Waals surface area contributed by atoms with E-state index in [4.69, 9.17) is 14.2 Å². The van der Waals surface area contributed by atoms with Gasteiger partial charge in [-0.1, -0.05) is 340 Å². The van der Waals surface area contributed by atoms with Crippen molar-refractivity contribution in [2.24, 2.45) is 0 Å². The molecule has 1 amide bonds. The second kappa shape index (κ2) is 63.0. The Labute approximate surface area is 530 Å². The molecule has 506 valence electrons. The molecule has 0 aromatic rings. The van der Waals surface area contributed by atoms with Crippen LogP contribution in [-0.2, 0) is 23.8 Å². The summed E-state index contributed by atoms with van der Waals surface area (Å²) < 4.78 is 17.7. The first kappa shape index (κ1) is 81.9. The maximum atomic E-state index is 13.5. The van der Waals surface area contributed by atoms with Gasteiger partial charge in [-0.05, 0) is 57.8 Å². The van der Waals surface area contributed by atoms with Gasteiger partial charge in [0.05, 0.1) is 25.4 Å². The van der Waals surface area contributed by atoms with Gasteiger partial charge in [0, 0.05) is 6.42 Å². The van der Waals surface area contributed by atoms with Crippen molar-refractivity contribution in [3.05, 3.63) is 36.5 Å². The van der Waals surface area contributed by atoms with Crippen molar-refractivity contribution < 1.29 is 49.3 Å². The van der Waals surface area contributed by atoms with Gasteiger partial charge in [0.2, 0.25) is 5.91 Å². The number of carbonyl (C=O) groups is 2. The molecule has 1 saturated heterocycles. The minimum Gasteiger partial charge on any atom is -0.454 e. The van der Waals surface area contributed by atoms with Crippen LogP contribution in [0.1, 0.15) is 367 Å². The van der Waals surface area contributed by atoms with Crippen LogP contribution in [-0.4, -0.2) is 99.6 Å². The van der Waals surface area contributed by atoms with Gasteiger partial charge in [0.1, 0.15) is 24.4 Å². The molecule has 8 unspecified atom stereocenters. The fourth-order valence-corrected chi connectivity index (χ4v) is 11.9. The molecule has 0 saturated carbocycles. The van der Waals surface area contributed by atoms with Crippen molar-refractivity contribution in [3.63, 3.8) is 0 Å². The van der Waals surface area contributed by atoms with Gasteiger partial charge in [-0.3, -0.25) is 9.59 Å². The number of amides is 1. The molecule has 1 aliphatic rings. The van der Waals surface area contributed by atoms with E-state index in [1.165, 1.54) is 250 Å². The first-order valence-corrected chi connectivity index (χ1v) is 37.3. The normalized spacial score (nSPS) is 18.4. The highest BCUT2D eigenvalue weighted by Crippen LogP contribution is 2.27. The fraction of sp³-hybridized carbons (Fsp3) is 0.893. The van der Waals surface area contributed by atoms with Crippen LogP contribution in [0.25, 0.3) is 0 Å². The number of carbonyl (C=O) groups excluding carboxylic acids is 2. The average Bonchev–Trinajstić information content (AvgIpc) is 3.30. The number of unbranched alkanes of at least 4 members (excludes halogenated alkanes) is 47. The van der Waals surface area contributed by atoms with Crippen molar-refractivity contribution in [3.8, 4) is 0 Å². The van der Waals surface area contributed by atoms with E-state index < -0.39 is 67.4 Å². The van der Waals surface area contributed by atoms with Crippen molar-refractivity contribution >= 4 is 11.9 Å². The Kier molecular flexibility index (Phi) is 60.0. The second-order valence-corrected chi connectivity index (χ2v) is 26.0. The van der Waals surface area contributed by atoms with E-state index in [0.717, 1.165) is 70.6 Å². The van der Waals surface area contributed by atoms with E-state index >= 15 is 0 Å². The number of ether oxygens (including phenoxy) is 3. The van der Waals surface area contributed by atoms with E-state index in [-0.39, 0.29) is 13.0 Å². The number of aliphatic hydroxyl groups excluding tert-OH is 5. The van der Waals surface area contributed by atoms with Gasteiger partial charge >= 0.3 is 5.97 Å².